The fraction of sp³-hybridized carbons (Fsp3) is 0.0667. The van der Waals surface area contributed by atoms with E-state index in [-0.39, 0.29) is 17.5 Å². The van der Waals surface area contributed by atoms with Crippen molar-refractivity contribution in [3.8, 4) is 5.88 Å². The molecule has 0 atom stereocenters. The van der Waals surface area contributed by atoms with Gasteiger partial charge in [0.15, 0.2) is 0 Å². The Kier molecular flexibility index (Phi) is 2.87. The van der Waals surface area contributed by atoms with Crippen LogP contribution in [-0.2, 0) is 0 Å². The van der Waals surface area contributed by atoms with Crippen molar-refractivity contribution in [2.75, 3.05) is 5.43 Å². The molecular formula is C15H13N3O2. The summed E-state index contributed by atoms with van der Waals surface area (Å²) in [5.74, 6) is -0.544. The summed E-state index contributed by atoms with van der Waals surface area (Å²) in [6.45, 7) is 1.91. The average Bonchev–Trinajstić information content (AvgIpc) is 2.75. The Labute approximate surface area is 115 Å². The summed E-state index contributed by atoms with van der Waals surface area (Å²) in [5.41, 5.74) is 4.78. The number of nitrogens with zero attached hydrogens (tertiary/aromatic N) is 2. The molecule has 2 aromatic heterocycles. The highest BCUT2D eigenvalue weighted by molar-refractivity contribution is 5.99. The van der Waals surface area contributed by atoms with Crippen LogP contribution < -0.4 is 5.43 Å². The van der Waals surface area contributed by atoms with Crippen LogP contribution in [0.5, 0.6) is 5.88 Å². The number of hydrogen-bond donors (Lipinski definition) is 2. The van der Waals surface area contributed by atoms with Gasteiger partial charge in [0.1, 0.15) is 5.69 Å². The van der Waals surface area contributed by atoms with E-state index >= 15 is 0 Å². The Morgan fingerprint density at radius 3 is 2.80 bits per heavy atom. The Bertz CT molecular complexity index is 793. The Morgan fingerprint density at radius 1 is 1.20 bits per heavy atom. The summed E-state index contributed by atoms with van der Waals surface area (Å²) in [7, 11) is 0. The molecule has 0 unspecified atom stereocenters. The van der Waals surface area contributed by atoms with Gasteiger partial charge in [-0.25, -0.2) is 4.98 Å². The highest BCUT2D eigenvalue weighted by Gasteiger charge is 2.11. The van der Waals surface area contributed by atoms with Crippen LogP contribution in [0.25, 0.3) is 10.9 Å². The van der Waals surface area contributed by atoms with Gasteiger partial charge in [-0.2, -0.15) is 0 Å². The van der Waals surface area contributed by atoms with E-state index in [9.17, 15) is 9.90 Å². The van der Waals surface area contributed by atoms with E-state index < -0.39 is 0 Å². The monoisotopic (exact) mass is 267 g/mol. The number of benzene rings is 1. The largest absolute Gasteiger partial charge is 0.493 e. The number of nitrogens with one attached hydrogen (secondary N) is 1. The van der Waals surface area contributed by atoms with Crippen LogP contribution in [0.4, 0.5) is 0 Å². The molecule has 0 bridgehead atoms. The molecule has 5 heteroatoms. The number of para-hydroxylation sites is 1. The number of aromatic nitrogens is 2. The summed E-state index contributed by atoms with van der Waals surface area (Å²) in [6.07, 6.45) is 0. The minimum Gasteiger partial charge on any atom is -0.493 e. The molecule has 0 aliphatic carbocycles. The molecule has 1 aromatic carbocycles. The first-order valence-electron chi connectivity index (χ1n) is 6.19. The fourth-order valence-corrected chi connectivity index (χ4v) is 2.15. The number of hydrogen-bond acceptors (Lipinski definition) is 3. The van der Waals surface area contributed by atoms with Crippen molar-refractivity contribution in [2.45, 2.75) is 6.92 Å². The Balaban J connectivity index is 1.97. The van der Waals surface area contributed by atoms with E-state index in [4.69, 9.17) is 0 Å². The van der Waals surface area contributed by atoms with Crippen molar-refractivity contribution < 1.29 is 9.90 Å². The van der Waals surface area contributed by atoms with Crippen molar-refractivity contribution in [3.63, 3.8) is 0 Å². The smallest absolute Gasteiger partial charge is 0.288 e. The highest BCUT2D eigenvalue weighted by atomic mass is 16.3. The second kappa shape index (κ2) is 4.70. The number of carbonyl (C=O) groups is 1. The van der Waals surface area contributed by atoms with Crippen LogP contribution in [0.3, 0.4) is 0 Å². The number of carbonyl (C=O) groups excluding carboxylic acids is 1. The lowest BCUT2D eigenvalue weighted by Crippen LogP contribution is -2.24. The molecule has 0 aliphatic rings. The third kappa shape index (κ3) is 2.09. The lowest BCUT2D eigenvalue weighted by molar-refractivity contribution is 0.100. The molecule has 5 nitrogen and oxygen atoms in total. The lowest BCUT2D eigenvalue weighted by Gasteiger charge is -2.10. The van der Waals surface area contributed by atoms with E-state index in [2.05, 4.69) is 10.4 Å². The van der Waals surface area contributed by atoms with Crippen molar-refractivity contribution >= 4 is 16.8 Å². The van der Waals surface area contributed by atoms with Gasteiger partial charge in [0.2, 0.25) is 5.88 Å². The summed E-state index contributed by atoms with van der Waals surface area (Å²) < 4.78 is 1.71. The number of rotatable bonds is 2. The van der Waals surface area contributed by atoms with Crippen LogP contribution in [0, 0.1) is 6.92 Å². The molecular weight excluding hydrogens is 254 g/mol. The summed E-state index contributed by atoms with van der Waals surface area (Å²) in [4.78, 5) is 15.9. The molecule has 2 N–H and O–H groups in total. The van der Waals surface area contributed by atoms with Gasteiger partial charge in [-0.1, -0.05) is 24.3 Å². The van der Waals surface area contributed by atoms with Crippen LogP contribution in [-0.4, -0.2) is 20.7 Å². The van der Waals surface area contributed by atoms with Crippen LogP contribution in [0.1, 0.15) is 16.2 Å². The Morgan fingerprint density at radius 2 is 2.00 bits per heavy atom. The third-order valence-corrected chi connectivity index (χ3v) is 3.08. The maximum absolute atomic E-state index is 12.2. The molecule has 0 aliphatic heterocycles. The third-order valence-electron chi connectivity index (χ3n) is 3.08. The molecule has 3 rings (SSSR count). The number of pyridine rings is 1. The van der Waals surface area contributed by atoms with E-state index in [0.717, 1.165) is 16.6 Å². The van der Waals surface area contributed by atoms with E-state index in [1.165, 1.54) is 6.07 Å². The molecule has 2 heterocycles. The predicted molar refractivity (Wildman–Crippen MR) is 76.3 cm³/mol. The van der Waals surface area contributed by atoms with Crippen molar-refractivity contribution in [1.29, 1.82) is 0 Å². The van der Waals surface area contributed by atoms with Gasteiger partial charge in [0, 0.05) is 17.1 Å². The fourth-order valence-electron chi connectivity index (χ4n) is 2.15. The highest BCUT2D eigenvalue weighted by Crippen LogP contribution is 2.18. The number of aromatic hydroxyl groups is 1. The summed E-state index contributed by atoms with van der Waals surface area (Å²) in [6, 6.07) is 14.3. The van der Waals surface area contributed by atoms with Crippen molar-refractivity contribution in [3.05, 3.63) is 59.9 Å². The number of aryl methyl sites for hydroxylation is 1. The second-order valence-electron chi connectivity index (χ2n) is 4.50. The van der Waals surface area contributed by atoms with E-state index in [1.807, 2.05) is 37.3 Å². The predicted octanol–water partition coefficient (Wildman–Crippen LogP) is 2.43. The SMILES string of the molecule is Cc1cc2ccccc2n1NC(=O)c1cccc(O)n1. The molecule has 0 saturated carbocycles. The van der Waals surface area contributed by atoms with E-state index in [1.54, 1.807) is 16.8 Å². The minimum atomic E-state index is -0.370. The zero-order chi connectivity index (χ0) is 14.1. The maximum Gasteiger partial charge on any atom is 0.288 e. The molecule has 20 heavy (non-hydrogen) atoms. The zero-order valence-corrected chi connectivity index (χ0v) is 10.9. The molecule has 3 aromatic rings. The van der Waals surface area contributed by atoms with Crippen LogP contribution in [0.2, 0.25) is 0 Å². The quantitative estimate of drug-likeness (QED) is 0.749. The number of amides is 1. The van der Waals surface area contributed by atoms with Gasteiger partial charge >= 0.3 is 0 Å². The van der Waals surface area contributed by atoms with E-state index in [0.29, 0.717) is 0 Å². The molecule has 0 radical (unpaired) electrons. The minimum absolute atomic E-state index is 0.169. The molecule has 100 valence electrons. The van der Waals surface area contributed by atoms with Gasteiger partial charge in [-0.3, -0.25) is 14.9 Å². The molecule has 0 fully saturated rings. The van der Waals surface area contributed by atoms with Crippen molar-refractivity contribution in [1.82, 2.24) is 9.66 Å². The van der Waals surface area contributed by atoms with Gasteiger partial charge < -0.3 is 5.11 Å². The van der Waals surface area contributed by atoms with Gasteiger partial charge in [0.05, 0.1) is 5.52 Å². The first-order valence-corrected chi connectivity index (χ1v) is 6.19. The Hall–Kier alpha value is -2.82. The van der Waals surface area contributed by atoms with Crippen LogP contribution >= 0.6 is 0 Å². The average molecular weight is 267 g/mol. The second-order valence-corrected chi connectivity index (χ2v) is 4.50. The summed E-state index contributed by atoms with van der Waals surface area (Å²) in [5, 5.41) is 10.4. The van der Waals surface area contributed by atoms with Gasteiger partial charge in [0.25, 0.3) is 5.91 Å². The standard InChI is InChI=1S/C15H13N3O2/c1-10-9-11-5-2-3-7-13(11)18(10)17-15(20)12-6-4-8-14(19)16-12/h2-9H,1H3,(H,16,19)(H,17,20). The van der Waals surface area contributed by atoms with Crippen molar-refractivity contribution in [2.24, 2.45) is 0 Å². The first-order chi connectivity index (χ1) is 9.65. The molecule has 1 amide bonds. The molecule has 0 saturated heterocycles. The number of fused-ring (bicyclic) bond motifs is 1. The van der Waals surface area contributed by atoms with Crippen LogP contribution in [0.15, 0.2) is 48.5 Å². The lowest BCUT2D eigenvalue weighted by atomic mass is 10.2. The zero-order valence-electron chi connectivity index (χ0n) is 10.9. The van der Waals surface area contributed by atoms with Gasteiger partial charge in [-0.05, 0) is 25.1 Å². The molecule has 0 spiro atoms. The maximum atomic E-state index is 12.2. The summed E-state index contributed by atoms with van der Waals surface area (Å²) >= 11 is 0. The first kappa shape index (κ1) is 12.2. The topological polar surface area (TPSA) is 67.2 Å². The van der Waals surface area contributed by atoms with Gasteiger partial charge in [-0.15, -0.1) is 0 Å². The normalized spacial score (nSPS) is 10.7.